The summed E-state index contributed by atoms with van der Waals surface area (Å²) in [5.41, 5.74) is 2.65. The van der Waals surface area contributed by atoms with E-state index in [1.165, 1.54) is 12.1 Å². The zero-order chi connectivity index (χ0) is 13.4. The van der Waals surface area contributed by atoms with Crippen LogP contribution in [0, 0.1) is 5.82 Å². The average Bonchev–Trinajstić information content (AvgIpc) is 2.42. The van der Waals surface area contributed by atoms with Crippen molar-refractivity contribution in [3.05, 3.63) is 65.2 Å². The monoisotopic (exact) mass is 247 g/mol. The topological polar surface area (TPSA) is 33.1 Å². The lowest BCUT2D eigenvalue weighted by Gasteiger charge is -2.06. The van der Waals surface area contributed by atoms with E-state index in [0.29, 0.717) is 6.42 Å². The number of hydrogen-bond donors (Lipinski definition) is 1. The van der Waals surface area contributed by atoms with Crippen LogP contribution >= 0.6 is 0 Å². The van der Waals surface area contributed by atoms with E-state index >= 15 is 0 Å². The van der Waals surface area contributed by atoms with Crippen molar-refractivity contribution in [3.8, 4) is 0 Å². The van der Waals surface area contributed by atoms with Gasteiger partial charge < -0.3 is 5.11 Å². The van der Waals surface area contributed by atoms with Crippen LogP contribution in [0.2, 0.25) is 0 Å². The Balaban J connectivity index is 0.000000771. The number of aromatic nitrogens is 1. The van der Waals surface area contributed by atoms with Crippen LogP contribution in [0.25, 0.3) is 0 Å². The molecular weight excluding hydrogens is 229 g/mol. The fraction of sp³-hybridized carbons (Fsp3) is 0.267. The highest BCUT2D eigenvalue weighted by Gasteiger charge is 2.03. The van der Waals surface area contributed by atoms with Gasteiger partial charge in [-0.3, -0.25) is 4.98 Å². The van der Waals surface area contributed by atoms with Crippen molar-refractivity contribution in [1.82, 2.24) is 4.98 Å². The molecule has 96 valence electrons. The van der Waals surface area contributed by atoms with E-state index < -0.39 is 0 Å². The zero-order valence-corrected chi connectivity index (χ0v) is 10.7. The molecule has 0 fully saturated rings. The highest BCUT2D eigenvalue weighted by atomic mass is 19.1. The molecule has 2 nitrogen and oxygen atoms in total. The fourth-order valence-electron chi connectivity index (χ4n) is 1.64. The lowest BCUT2D eigenvalue weighted by molar-refractivity contribution is 0.280. The zero-order valence-electron chi connectivity index (χ0n) is 10.7. The minimum atomic E-state index is -0.239. The number of aliphatic hydroxyl groups excluding tert-OH is 1. The Morgan fingerprint density at radius 3 is 2.61 bits per heavy atom. The molecule has 0 atom stereocenters. The number of halogens is 1. The Kier molecular flexibility index (Phi) is 6.01. The summed E-state index contributed by atoms with van der Waals surface area (Å²) in [4.78, 5) is 3.94. The second-order valence-corrected chi connectivity index (χ2v) is 3.61. The lowest BCUT2D eigenvalue weighted by Crippen LogP contribution is -1.96. The van der Waals surface area contributed by atoms with Gasteiger partial charge >= 0.3 is 0 Å². The first-order valence-electron chi connectivity index (χ1n) is 6.06. The van der Waals surface area contributed by atoms with E-state index in [1.807, 2.05) is 26.0 Å². The third kappa shape index (κ3) is 3.93. The SMILES string of the molecule is CC.OCc1cnccc1Cc1cccc(F)c1. The molecule has 18 heavy (non-hydrogen) atoms. The molecule has 1 N–H and O–H groups in total. The Labute approximate surface area is 107 Å². The molecule has 2 rings (SSSR count). The van der Waals surface area contributed by atoms with Gasteiger partial charge in [-0.05, 0) is 41.3 Å². The Hall–Kier alpha value is -1.74. The van der Waals surface area contributed by atoms with Crippen LogP contribution < -0.4 is 0 Å². The molecule has 0 amide bonds. The molecule has 0 unspecified atom stereocenters. The molecule has 0 aliphatic heterocycles. The molecule has 1 aromatic carbocycles. The van der Waals surface area contributed by atoms with Crippen molar-refractivity contribution < 1.29 is 9.50 Å². The van der Waals surface area contributed by atoms with Gasteiger partial charge in [0, 0.05) is 12.4 Å². The largest absolute Gasteiger partial charge is 0.392 e. The molecular formula is C15H18FNO. The third-order valence-electron chi connectivity index (χ3n) is 2.46. The average molecular weight is 247 g/mol. The Bertz CT molecular complexity index is 485. The normalized spacial score (nSPS) is 9.56. The molecule has 0 spiro atoms. The molecule has 0 bridgehead atoms. The van der Waals surface area contributed by atoms with Gasteiger partial charge in [0.05, 0.1) is 6.61 Å². The lowest BCUT2D eigenvalue weighted by atomic mass is 10.0. The van der Waals surface area contributed by atoms with Crippen LogP contribution in [0.3, 0.4) is 0 Å². The van der Waals surface area contributed by atoms with Gasteiger partial charge in [-0.2, -0.15) is 0 Å². The summed E-state index contributed by atoms with van der Waals surface area (Å²) < 4.78 is 13.0. The molecule has 0 aliphatic carbocycles. The molecule has 1 heterocycles. The molecule has 0 aliphatic rings. The predicted molar refractivity (Wildman–Crippen MR) is 70.7 cm³/mol. The van der Waals surface area contributed by atoms with Gasteiger partial charge in [0.25, 0.3) is 0 Å². The standard InChI is InChI=1S/C13H12FNO.C2H6/c14-13-3-1-2-10(7-13)6-11-4-5-15-8-12(11)9-16;1-2/h1-5,7-8,16H,6,9H2;1-2H3. The molecule has 0 saturated carbocycles. The molecule has 0 radical (unpaired) electrons. The summed E-state index contributed by atoms with van der Waals surface area (Å²) in [6.45, 7) is 3.96. The summed E-state index contributed by atoms with van der Waals surface area (Å²) in [6, 6.07) is 8.32. The van der Waals surface area contributed by atoms with Gasteiger partial charge in [-0.1, -0.05) is 26.0 Å². The van der Waals surface area contributed by atoms with Crippen molar-refractivity contribution in [1.29, 1.82) is 0 Å². The van der Waals surface area contributed by atoms with E-state index in [1.54, 1.807) is 18.5 Å². The first-order chi connectivity index (χ1) is 8.79. The maximum absolute atomic E-state index is 13.0. The molecule has 3 heteroatoms. The van der Waals surface area contributed by atoms with Crippen molar-refractivity contribution in [2.24, 2.45) is 0 Å². The Morgan fingerprint density at radius 2 is 1.94 bits per heavy atom. The van der Waals surface area contributed by atoms with Gasteiger partial charge in [-0.15, -0.1) is 0 Å². The molecule has 2 aromatic rings. The van der Waals surface area contributed by atoms with Crippen LogP contribution in [0.15, 0.2) is 42.7 Å². The fourth-order valence-corrected chi connectivity index (χ4v) is 1.64. The minimum absolute atomic E-state index is 0.0432. The number of hydrogen-bond acceptors (Lipinski definition) is 2. The quantitative estimate of drug-likeness (QED) is 0.902. The predicted octanol–water partition coefficient (Wildman–Crippen LogP) is 3.33. The number of rotatable bonds is 3. The van der Waals surface area contributed by atoms with Crippen LogP contribution in [-0.4, -0.2) is 10.1 Å². The van der Waals surface area contributed by atoms with Crippen molar-refractivity contribution in [3.63, 3.8) is 0 Å². The van der Waals surface area contributed by atoms with Crippen LogP contribution in [0.5, 0.6) is 0 Å². The van der Waals surface area contributed by atoms with Crippen molar-refractivity contribution in [2.45, 2.75) is 26.9 Å². The van der Waals surface area contributed by atoms with Crippen LogP contribution in [0.4, 0.5) is 4.39 Å². The Morgan fingerprint density at radius 1 is 1.17 bits per heavy atom. The number of benzene rings is 1. The second-order valence-electron chi connectivity index (χ2n) is 3.61. The van der Waals surface area contributed by atoms with Gasteiger partial charge in [0.15, 0.2) is 0 Å². The second kappa shape index (κ2) is 7.56. The van der Waals surface area contributed by atoms with E-state index in [9.17, 15) is 4.39 Å². The van der Waals surface area contributed by atoms with Crippen LogP contribution in [0.1, 0.15) is 30.5 Å². The molecule has 1 aromatic heterocycles. The van der Waals surface area contributed by atoms with E-state index in [4.69, 9.17) is 5.11 Å². The summed E-state index contributed by atoms with van der Waals surface area (Å²) in [6.07, 6.45) is 3.92. The number of aliphatic hydroxyl groups is 1. The summed E-state index contributed by atoms with van der Waals surface area (Å²) in [7, 11) is 0. The van der Waals surface area contributed by atoms with E-state index in [0.717, 1.165) is 16.7 Å². The maximum Gasteiger partial charge on any atom is 0.123 e. The first-order valence-corrected chi connectivity index (χ1v) is 6.06. The van der Waals surface area contributed by atoms with E-state index in [-0.39, 0.29) is 12.4 Å². The molecule has 0 saturated heterocycles. The van der Waals surface area contributed by atoms with Crippen molar-refractivity contribution in [2.75, 3.05) is 0 Å². The summed E-state index contributed by atoms with van der Waals surface area (Å²) >= 11 is 0. The smallest absolute Gasteiger partial charge is 0.123 e. The highest BCUT2D eigenvalue weighted by Crippen LogP contribution is 2.14. The van der Waals surface area contributed by atoms with Crippen LogP contribution in [-0.2, 0) is 13.0 Å². The van der Waals surface area contributed by atoms with Gasteiger partial charge in [0.2, 0.25) is 0 Å². The van der Waals surface area contributed by atoms with Gasteiger partial charge in [0.1, 0.15) is 5.82 Å². The first kappa shape index (κ1) is 14.3. The number of pyridine rings is 1. The maximum atomic E-state index is 13.0. The van der Waals surface area contributed by atoms with Crippen molar-refractivity contribution >= 4 is 0 Å². The summed E-state index contributed by atoms with van der Waals surface area (Å²) in [5, 5.41) is 9.14. The number of nitrogens with zero attached hydrogens (tertiary/aromatic N) is 1. The third-order valence-corrected chi connectivity index (χ3v) is 2.46. The highest BCUT2D eigenvalue weighted by molar-refractivity contribution is 5.30. The minimum Gasteiger partial charge on any atom is -0.392 e. The van der Waals surface area contributed by atoms with Gasteiger partial charge in [-0.25, -0.2) is 4.39 Å². The van der Waals surface area contributed by atoms with E-state index in [2.05, 4.69) is 4.98 Å². The summed E-state index contributed by atoms with van der Waals surface area (Å²) in [5.74, 6) is -0.239.